The Morgan fingerprint density at radius 1 is 1.17 bits per heavy atom. The van der Waals surface area contributed by atoms with Crippen molar-refractivity contribution in [1.29, 1.82) is 0 Å². The standard InChI is InChI=1S/C22H28IN3O3S/c1-14(2)17-7-6-15(3)10-19(17)28-8-9-29-21-18(23)11-16(12-20(21)27-5)13-25-26-22(30)24-4/h6-7,10-14H,8-9H2,1-5H3,(H2,24,26,30)/b25-13-. The topological polar surface area (TPSA) is 64.1 Å². The van der Waals surface area contributed by atoms with Crippen LogP contribution in [0, 0.1) is 10.5 Å². The van der Waals surface area contributed by atoms with Crippen molar-refractivity contribution in [1.82, 2.24) is 10.7 Å². The molecule has 0 spiro atoms. The monoisotopic (exact) mass is 541 g/mol. The number of rotatable bonds is 9. The van der Waals surface area contributed by atoms with E-state index in [9.17, 15) is 0 Å². The molecule has 30 heavy (non-hydrogen) atoms. The molecule has 0 aliphatic carbocycles. The summed E-state index contributed by atoms with van der Waals surface area (Å²) in [6, 6.07) is 10.1. The van der Waals surface area contributed by atoms with Crippen molar-refractivity contribution in [3.8, 4) is 17.2 Å². The summed E-state index contributed by atoms with van der Waals surface area (Å²) in [5.41, 5.74) is 5.96. The molecule has 2 rings (SSSR count). The van der Waals surface area contributed by atoms with Crippen LogP contribution in [-0.2, 0) is 0 Å². The highest BCUT2D eigenvalue weighted by atomic mass is 127. The fourth-order valence-electron chi connectivity index (χ4n) is 2.71. The van der Waals surface area contributed by atoms with E-state index in [-0.39, 0.29) is 0 Å². The molecule has 0 saturated heterocycles. The molecule has 0 aromatic heterocycles. The van der Waals surface area contributed by atoms with E-state index < -0.39 is 0 Å². The Morgan fingerprint density at radius 3 is 2.57 bits per heavy atom. The molecule has 0 fully saturated rings. The number of methoxy groups -OCH3 is 1. The summed E-state index contributed by atoms with van der Waals surface area (Å²) >= 11 is 7.22. The lowest BCUT2D eigenvalue weighted by Gasteiger charge is -2.16. The Bertz CT molecular complexity index is 903. The summed E-state index contributed by atoms with van der Waals surface area (Å²) in [6.07, 6.45) is 1.67. The molecule has 0 aliphatic heterocycles. The average molecular weight is 541 g/mol. The first-order valence-electron chi connectivity index (χ1n) is 9.60. The van der Waals surface area contributed by atoms with Crippen LogP contribution in [0.15, 0.2) is 35.4 Å². The first kappa shape index (κ1) is 24.2. The predicted molar refractivity (Wildman–Crippen MR) is 134 cm³/mol. The van der Waals surface area contributed by atoms with Gasteiger partial charge in [0.1, 0.15) is 19.0 Å². The highest BCUT2D eigenvalue weighted by Crippen LogP contribution is 2.33. The van der Waals surface area contributed by atoms with Gasteiger partial charge in [0.05, 0.1) is 16.9 Å². The zero-order chi connectivity index (χ0) is 22.1. The summed E-state index contributed by atoms with van der Waals surface area (Å²) in [4.78, 5) is 0. The SMILES string of the molecule is CNC(=S)N/N=C\c1cc(I)c(OCCOc2cc(C)ccc2C(C)C)c(OC)c1. The Labute approximate surface area is 197 Å². The molecule has 2 aromatic carbocycles. The summed E-state index contributed by atoms with van der Waals surface area (Å²) in [5.74, 6) is 2.63. The Morgan fingerprint density at radius 2 is 1.90 bits per heavy atom. The third kappa shape index (κ3) is 7.02. The minimum Gasteiger partial charge on any atom is -0.493 e. The Hall–Kier alpha value is -2.07. The van der Waals surface area contributed by atoms with Crippen molar-refractivity contribution in [3.05, 3.63) is 50.6 Å². The van der Waals surface area contributed by atoms with E-state index in [1.807, 2.05) is 12.1 Å². The van der Waals surface area contributed by atoms with Gasteiger partial charge in [-0.3, -0.25) is 5.43 Å². The zero-order valence-corrected chi connectivity index (χ0v) is 20.9. The number of nitrogens with one attached hydrogen (secondary N) is 2. The molecule has 0 heterocycles. The average Bonchev–Trinajstić information content (AvgIpc) is 2.71. The minimum absolute atomic E-state index is 0.397. The van der Waals surface area contributed by atoms with Crippen molar-refractivity contribution in [2.45, 2.75) is 26.7 Å². The van der Waals surface area contributed by atoms with Crippen LogP contribution in [0.25, 0.3) is 0 Å². The van der Waals surface area contributed by atoms with E-state index in [4.69, 9.17) is 26.4 Å². The summed E-state index contributed by atoms with van der Waals surface area (Å²) in [5, 5.41) is 7.34. The molecule has 2 aromatic rings. The molecule has 0 unspecified atom stereocenters. The molecular weight excluding hydrogens is 513 g/mol. The van der Waals surface area contributed by atoms with Crippen LogP contribution in [0.2, 0.25) is 0 Å². The van der Waals surface area contributed by atoms with E-state index in [0.717, 1.165) is 14.9 Å². The van der Waals surface area contributed by atoms with Gasteiger partial charge < -0.3 is 19.5 Å². The van der Waals surface area contributed by atoms with Crippen molar-refractivity contribution in [2.24, 2.45) is 5.10 Å². The Balaban J connectivity index is 2.02. The highest BCUT2D eigenvalue weighted by molar-refractivity contribution is 14.1. The number of benzene rings is 2. The maximum absolute atomic E-state index is 6.01. The van der Waals surface area contributed by atoms with Gasteiger partial charge in [-0.1, -0.05) is 26.0 Å². The van der Waals surface area contributed by atoms with Crippen molar-refractivity contribution in [3.63, 3.8) is 0 Å². The van der Waals surface area contributed by atoms with E-state index in [1.165, 1.54) is 11.1 Å². The lowest BCUT2D eigenvalue weighted by molar-refractivity contribution is 0.209. The molecule has 0 aliphatic rings. The number of ether oxygens (including phenoxy) is 3. The van der Waals surface area contributed by atoms with Gasteiger partial charge in [0.15, 0.2) is 16.6 Å². The fraction of sp³-hybridized carbons (Fsp3) is 0.364. The van der Waals surface area contributed by atoms with E-state index >= 15 is 0 Å². The number of hydrazone groups is 1. The van der Waals surface area contributed by atoms with Crippen LogP contribution in [0.5, 0.6) is 17.2 Å². The molecule has 6 nitrogen and oxygen atoms in total. The number of thiocarbonyl (C=S) groups is 1. The quantitative estimate of drug-likeness (QED) is 0.159. The number of aryl methyl sites for hydroxylation is 1. The molecule has 8 heteroatoms. The summed E-state index contributed by atoms with van der Waals surface area (Å²) in [6.45, 7) is 7.23. The molecular formula is C22H28IN3O3S. The van der Waals surface area contributed by atoms with E-state index in [2.05, 4.69) is 77.4 Å². The summed E-state index contributed by atoms with van der Waals surface area (Å²) in [7, 11) is 3.35. The number of halogens is 1. The molecule has 162 valence electrons. The largest absolute Gasteiger partial charge is 0.493 e. The van der Waals surface area contributed by atoms with Gasteiger partial charge >= 0.3 is 0 Å². The molecule has 0 atom stereocenters. The van der Waals surface area contributed by atoms with Gasteiger partial charge in [-0.05, 0) is 82.5 Å². The van der Waals surface area contributed by atoms with Gasteiger partial charge in [-0.25, -0.2) is 0 Å². The molecule has 0 bridgehead atoms. The van der Waals surface area contributed by atoms with Gasteiger partial charge in [-0.2, -0.15) is 5.10 Å². The predicted octanol–water partition coefficient (Wildman–Crippen LogP) is 4.62. The van der Waals surface area contributed by atoms with E-state index in [0.29, 0.717) is 35.7 Å². The van der Waals surface area contributed by atoms with Gasteiger partial charge in [0, 0.05) is 7.05 Å². The smallest absolute Gasteiger partial charge is 0.186 e. The zero-order valence-electron chi connectivity index (χ0n) is 17.9. The van der Waals surface area contributed by atoms with Crippen LogP contribution < -0.4 is 25.0 Å². The number of hydrogen-bond donors (Lipinski definition) is 2. The third-order valence-corrected chi connectivity index (χ3v) is 5.33. The normalized spacial score (nSPS) is 10.9. The van der Waals surface area contributed by atoms with Gasteiger partial charge in [0.25, 0.3) is 0 Å². The second-order valence-electron chi connectivity index (χ2n) is 6.88. The summed E-state index contributed by atoms with van der Waals surface area (Å²) < 4.78 is 18.4. The first-order valence-corrected chi connectivity index (χ1v) is 11.1. The van der Waals surface area contributed by atoms with E-state index in [1.54, 1.807) is 20.4 Å². The first-order chi connectivity index (χ1) is 14.3. The highest BCUT2D eigenvalue weighted by Gasteiger charge is 2.12. The van der Waals surface area contributed by atoms with Crippen LogP contribution in [0.4, 0.5) is 0 Å². The second-order valence-corrected chi connectivity index (χ2v) is 8.45. The molecule has 0 saturated carbocycles. The van der Waals surface area contributed by atoms with Crippen molar-refractivity contribution in [2.75, 3.05) is 27.4 Å². The molecule has 0 radical (unpaired) electrons. The second kappa shape index (κ2) is 11.9. The molecule has 2 N–H and O–H groups in total. The van der Waals surface area contributed by atoms with Gasteiger partial charge in [-0.15, -0.1) is 0 Å². The maximum Gasteiger partial charge on any atom is 0.186 e. The number of nitrogens with zero attached hydrogens (tertiary/aromatic N) is 1. The fourth-order valence-corrected chi connectivity index (χ4v) is 3.55. The van der Waals surface area contributed by atoms with Crippen LogP contribution in [0.3, 0.4) is 0 Å². The van der Waals surface area contributed by atoms with Crippen molar-refractivity contribution < 1.29 is 14.2 Å². The van der Waals surface area contributed by atoms with Crippen molar-refractivity contribution >= 4 is 46.1 Å². The lowest BCUT2D eigenvalue weighted by Crippen LogP contribution is -2.28. The minimum atomic E-state index is 0.397. The third-order valence-electron chi connectivity index (χ3n) is 4.24. The lowest BCUT2D eigenvalue weighted by atomic mass is 10.0. The molecule has 0 amide bonds. The maximum atomic E-state index is 6.01. The Kier molecular flexibility index (Phi) is 9.64. The van der Waals surface area contributed by atoms with Crippen LogP contribution in [-0.4, -0.2) is 38.7 Å². The number of hydrogen-bond acceptors (Lipinski definition) is 5. The van der Waals surface area contributed by atoms with Gasteiger partial charge in [0.2, 0.25) is 0 Å². The van der Waals surface area contributed by atoms with Crippen LogP contribution in [0.1, 0.15) is 36.5 Å². The van der Waals surface area contributed by atoms with Crippen LogP contribution >= 0.6 is 34.8 Å².